The van der Waals surface area contributed by atoms with Gasteiger partial charge in [-0.2, -0.15) is 0 Å². The van der Waals surface area contributed by atoms with Crippen molar-refractivity contribution in [2.75, 3.05) is 18.8 Å². The molecule has 1 aromatic carbocycles. The van der Waals surface area contributed by atoms with Gasteiger partial charge in [-0.25, -0.2) is 8.42 Å². The average molecular weight is 288 g/mol. The first-order chi connectivity index (χ1) is 8.58. The highest BCUT2D eigenvalue weighted by Gasteiger charge is 2.26. The lowest BCUT2D eigenvalue weighted by atomic mass is 10.2. The Balaban J connectivity index is 1.94. The number of benzene rings is 1. The topological polar surface area (TPSA) is 46.2 Å². The fraction of sp³-hybridized carbons (Fsp3) is 0.538. The van der Waals surface area contributed by atoms with Crippen LogP contribution in [0.1, 0.15) is 18.4 Å². The molecule has 1 aromatic rings. The molecular formula is C13H18ClNO2S. The van der Waals surface area contributed by atoms with Crippen LogP contribution in [-0.4, -0.2) is 32.5 Å². The molecule has 1 aliphatic rings. The minimum atomic E-state index is -2.99. The highest BCUT2D eigenvalue weighted by molar-refractivity contribution is 7.92. The van der Waals surface area contributed by atoms with Crippen LogP contribution in [0, 0.1) is 0 Å². The fourth-order valence-corrected chi connectivity index (χ4v) is 4.08. The van der Waals surface area contributed by atoms with Gasteiger partial charge in [0.05, 0.1) is 11.0 Å². The van der Waals surface area contributed by atoms with Gasteiger partial charge >= 0.3 is 0 Å². The monoisotopic (exact) mass is 287 g/mol. The third-order valence-corrected chi connectivity index (χ3v) is 5.79. The maximum absolute atomic E-state index is 12.2. The highest BCUT2D eigenvalue weighted by atomic mass is 35.5. The number of nitrogens with one attached hydrogen (secondary N) is 1. The minimum Gasteiger partial charge on any atom is -0.315 e. The molecule has 0 aliphatic carbocycles. The van der Waals surface area contributed by atoms with Crippen LogP contribution in [0.4, 0.5) is 0 Å². The number of sulfone groups is 1. The third kappa shape index (κ3) is 3.70. The Morgan fingerprint density at radius 1 is 1.28 bits per heavy atom. The van der Waals surface area contributed by atoms with Crippen LogP contribution in [-0.2, 0) is 16.3 Å². The van der Waals surface area contributed by atoms with Crippen LogP contribution >= 0.6 is 11.6 Å². The molecule has 5 heteroatoms. The second-order valence-electron chi connectivity index (χ2n) is 4.71. The summed E-state index contributed by atoms with van der Waals surface area (Å²) >= 11 is 5.80. The lowest BCUT2D eigenvalue weighted by molar-refractivity contribution is 0.496. The Morgan fingerprint density at radius 3 is 2.61 bits per heavy atom. The van der Waals surface area contributed by atoms with E-state index in [1.807, 2.05) is 12.1 Å². The number of hydrogen-bond acceptors (Lipinski definition) is 3. The third-order valence-electron chi connectivity index (χ3n) is 3.35. The first-order valence-corrected chi connectivity index (χ1v) is 8.34. The summed E-state index contributed by atoms with van der Waals surface area (Å²) in [6.45, 7) is 1.53. The van der Waals surface area contributed by atoms with Crippen molar-refractivity contribution < 1.29 is 8.42 Å². The van der Waals surface area contributed by atoms with E-state index < -0.39 is 9.84 Å². The predicted molar refractivity (Wildman–Crippen MR) is 74.8 cm³/mol. The maximum Gasteiger partial charge on any atom is 0.154 e. The van der Waals surface area contributed by atoms with Gasteiger partial charge < -0.3 is 5.32 Å². The number of piperidine rings is 1. The quantitative estimate of drug-likeness (QED) is 0.922. The molecule has 0 aromatic heterocycles. The van der Waals surface area contributed by atoms with Gasteiger partial charge in [0.2, 0.25) is 0 Å². The lowest BCUT2D eigenvalue weighted by Gasteiger charge is -2.22. The van der Waals surface area contributed by atoms with Crippen molar-refractivity contribution in [1.29, 1.82) is 0 Å². The number of aryl methyl sites for hydroxylation is 1. The van der Waals surface area contributed by atoms with Crippen LogP contribution in [0.5, 0.6) is 0 Å². The van der Waals surface area contributed by atoms with Crippen molar-refractivity contribution in [3.8, 4) is 0 Å². The molecule has 1 atom stereocenters. The summed E-state index contributed by atoms with van der Waals surface area (Å²) in [6, 6.07) is 7.37. The smallest absolute Gasteiger partial charge is 0.154 e. The van der Waals surface area contributed by atoms with E-state index in [-0.39, 0.29) is 11.0 Å². The van der Waals surface area contributed by atoms with Crippen LogP contribution < -0.4 is 5.32 Å². The number of rotatable bonds is 4. The normalized spacial score (nSPS) is 20.8. The van der Waals surface area contributed by atoms with E-state index in [2.05, 4.69) is 5.32 Å². The van der Waals surface area contributed by atoms with Crippen LogP contribution in [0.15, 0.2) is 24.3 Å². The molecule has 1 saturated heterocycles. The van der Waals surface area contributed by atoms with Crippen molar-refractivity contribution in [3.63, 3.8) is 0 Å². The summed E-state index contributed by atoms with van der Waals surface area (Å²) < 4.78 is 24.3. The van der Waals surface area contributed by atoms with Crippen molar-refractivity contribution in [3.05, 3.63) is 34.9 Å². The summed E-state index contributed by atoms with van der Waals surface area (Å²) in [5.74, 6) is 0.223. The van der Waals surface area contributed by atoms with Gasteiger partial charge in [0.15, 0.2) is 9.84 Å². The van der Waals surface area contributed by atoms with E-state index >= 15 is 0 Å². The second kappa shape index (κ2) is 6.04. The minimum absolute atomic E-state index is 0.210. The van der Waals surface area contributed by atoms with E-state index in [9.17, 15) is 8.42 Å². The fourth-order valence-electron chi connectivity index (χ4n) is 2.20. The van der Waals surface area contributed by atoms with Gasteiger partial charge in [0.25, 0.3) is 0 Å². The molecule has 1 fully saturated rings. The molecule has 1 unspecified atom stereocenters. The van der Waals surface area contributed by atoms with Crippen LogP contribution in [0.2, 0.25) is 5.02 Å². The van der Waals surface area contributed by atoms with Crippen molar-refractivity contribution in [2.24, 2.45) is 0 Å². The summed E-state index contributed by atoms with van der Waals surface area (Å²) in [5.41, 5.74) is 1.02. The SMILES string of the molecule is O=S(=O)(CCc1ccc(Cl)cc1)C1CCCNC1. The summed E-state index contributed by atoms with van der Waals surface area (Å²) in [5, 5.41) is 3.62. The van der Waals surface area contributed by atoms with Crippen molar-refractivity contribution in [2.45, 2.75) is 24.5 Å². The predicted octanol–water partition coefficient (Wildman–Crippen LogP) is 2.05. The second-order valence-corrected chi connectivity index (χ2v) is 7.55. The largest absolute Gasteiger partial charge is 0.315 e. The summed E-state index contributed by atoms with van der Waals surface area (Å²) in [7, 11) is -2.99. The Labute approximate surface area is 113 Å². The van der Waals surface area contributed by atoms with Gasteiger partial charge in [-0.15, -0.1) is 0 Å². The van der Waals surface area contributed by atoms with Gasteiger partial charge in [0.1, 0.15) is 0 Å². The molecule has 0 bridgehead atoms. The zero-order valence-corrected chi connectivity index (χ0v) is 11.8. The van der Waals surface area contributed by atoms with Crippen LogP contribution in [0.3, 0.4) is 0 Å². The van der Waals surface area contributed by atoms with Gasteiger partial charge in [-0.1, -0.05) is 23.7 Å². The maximum atomic E-state index is 12.2. The summed E-state index contributed by atoms with van der Waals surface area (Å²) in [4.78, 5) is 0. The Hall–Kier alpha value is -0.580. The summed E-state index contributed by atoms with van der Waals surface area (Å²) in [6.07, 6.45) is 2.30. The highest BCUT2D eigenvalue weighted by Crippen LogP contribution is 2.15. The zero-order chi connectivity index (χ0) is 13.0. The molecule has 0 radical (unpaired) electrons. The molecule has 0 saturated carbocycles. The van der Waals surface area contributed by atoms with Crippen molar-refractivity contribution >= 4 is 21.4 Å². The molecule has 1 heterocycles. The molecule has 3 nitrogen and oxygen atoms in total. The van der Waals surface area contributed by atoms with Crippen LogP contribution in [0.25, 0.3) is 0 Å². The number of halogens is 1. The molecular weight excluding hydrogens is 270 g/mol. The standard InChI is InChI=1S/C13H18ClNO2S/c14-12-5-3-11(4-6-12)7-9-18(16,17)13-2-1-8-15-10-13/h3-6,13,15H,1-2,7-10H2. The Bertz CT molecular complexity index is 478. The molecule has 1 aliphatic heterocycles. The average Bonchev–Trinajstić information content (AvgIpc) is 2.39. The molecule has 2 rings (SSSR count). The number of hydrogen-bond donors (Lipinski definition) is 1. The molecule has 18 heavy (non-hydrogen) atoms. The van der Waals surface area contributed by atoms with E-state index in [4.69, 9.17) is 11.6 Å². The Morgan fingerprint density at radius 2 is 2.00 bits per heavy atom. The Kier molecular flexibility index (Phi) is 4.65. The van der Waals surface area contributed by atoms with Gasteiger partial charge in [-0.05, 0) is 43.5 Å². The molecule has 1 N–H and O–H groups in total. The first-order valence-electron chi connectivity index (χ1n) is 6.25. The zero-order valence-electron chi connectivity index (χ0n) is 10.2. The van der Waals surface area contributed by atoms with Gasteiger partial charge in [-0.3, -0.25) is 0 Å². The van der Waals surface area contributed by atoms with Crippen molar-refractivity contribution in [1.82, 2.24) is 5.32 Å². The van der Waals surface area contributed by atoms with E-state index in [0.29, 0.717) is 18.0 Å². The van der Waals surface area contributed by atoms with Gasteiger partial charge in [0, 0.05) is 11.6 Å². The molecule has 0 spiro atoms. The molecule has 0 amide bonds. The van der Waals surface area contributed by atoms with E-state index in [1.54, 1.807) is 12.1 Å². The molecule has 100 valence electrons. The lowest BCUT2D eigenvalue weighted by Crippen LogP contribution is -2.40. The van der Waals surface area contributed by atoms with E-state index in [0.717, 1.165) is 24.9 Å². The first kappa shape index (κ1) is 13.8. The van der Waals surface area contributed by atoms with E-state index in [1.165, 1.54) is 0 Å².